The SMILES string of the molecule is COC(=O)N[C@H](C(=O)N1CCC[C@H]1c1nc2ccc(-c3ccc(-c4ccc(-c5cnc([C@@H]6CCCN6C(=O)[C@@H](NC(=O)O)C(C)C)[nH]5)cc4)cc3)cc2[nH]1)C(C)C. The number of benzene rings is 3. The number of likely N-dealkylation sites (tertiary alicyclic amines) is 2. The average molecular weight is 775 g/mol. The van der Waals surface area contributed by atoms with E-state index >= 15 is 0 Å². The van der Waals surface area contributed by atoms with Gasteiger partial charge in [0.05, 0.1) is 42.1 Å². The lowest BCUT2D eigenvalue weighted by molar-refractivity contribution is -0.136. The minimum Gasteiger partial charge on any atom is -0.465 e. The molecule has 0 saturated carbocycles. The largest absolute Gasteiger partial charge is 0.465 e. The Morgan fingerprint density at radius 1 is 0.719 bits per heavy atom. The third-order valence-corrected chi connectivity index (χ3v) is 11.1. The zero-order valence-electron chi connectivity index (χ0n) is 32.9. The zero-order chi connectivity index (χ0) is 40.4. The molecular formula is C43H50N8O6. The number of carbonyl (C=O) groups excluding carboxylic acids is 3. The highest BCUT2D eigenvalue weighted by atomic mass is 16.5. The highest BCUT2D eigenvalue weighted by Gasteiger charge is 2.39. The molecule has 57 heavy (non-hydrogen) atoms. The van der Waals surface area contributed by atoms with E-state index in [9.17, 15) is 24.3 Å². The van der Waals surface area contributed by atoms with Crippen molar-refractivity contribution in [2.75, 3.05) is 20.2 Å². The highest BCUT2D eigenvalue weighted by Crippen LogP contribution is 2.35. The van der Waals surface area contributed by atoms with E-state index in [1.807, 2.05) is 50.8 Å². The topological polar surface area (TPSA) is 186 Å². The molecule has 7 rings (SSSR count). The Labute approximate surface area is 331 Å². The lowest BCUT2D eigenvalue weighted by atomic mass is 9.99. The van der Waals surface area contributed by atoms with Gasteiger partial charge in [-0.1, -0.05) is 82.3 Å². The lowest BCUT2D eigenvalue weighted by Gasteiger charge is -2.29. The first-order valence-electron chi connectivity index (χ1n) is 19.6. The quantitative estimate of drug-likeness (QED) is 0.0926. The second-order valence-electron chi connectivity index (χ2n) is 15.6. The number of H-pyrrole nitrogens is 2. The molecule has 0 aliphatic carbocycles. The summed E-state index contributed by atoms with van der Waals surface area (Å²) in [7, 11) is 1.29. The number of carboxylic acid groups (broad SMARTS) is 1. The molecule has 0 unspecified atom stereocenters. The van der Waals surface area contributed by atoms with Crippen LogP contribution in [0.25, 0.3) is 44.5 Å². The van der Waals surface area contributed by atoms with Crippen LogP contribution < -0.4 is 10.6 Å². The number of rotatable bonds is 11. The maximum atomic E-state index is 13.6. The van der Waals surface area contributed by atoms with Crippen LogP contribution in [0.3, 0.4) is 0 Å². The monoisotopic (exact) mass is 774 g/mol. The number of hydrogen-bond donors (Lipinski definition) is 5. The predicted octanol–water partition coefficient (Wildman–Crippen LogP) is 7.29. The number of ether oxygens (including phenoxy) is 1. The first kappa shape index (κ1) is 39.1. The Bertz CT molecular complexity index is 2250. The Morgan fingerprint density at radius 3 is 1.77 bits per heavy atom. The Kier molecular flexibility index (Phi) is 11.3. The standard InChI is InChI=1S/C43H50N8O6/c1-24(2)36(48-42(54)55)40(52)50-20-6-8-34(50)38-44-23-33(47-38)29-16-14-27(15-17-29)26-10-12-28(13-11-26)30-18-19-31-32(22-30)46-39(45-31)35-9-7-21-51(35)41(53)37(25(3)4)49-43(56)57-5/h10-19,22-25,34-37,48H,6-9,20-21H2,1-5H3,(H,44,47)(H,45,46)(H,49,56)(H,54,55)/t34-,35-,36-,37-/m0/s1. The molecule has 2 saturated heterocycles. The fourth-order valence-corrected chi connectivity index (χ4v) is 8.05. The molecule has 4 atom stereocenters. The van der Waals surface area contributed by atoms with Crippen molar-refractivity contribution in [3.8, 4) is 33.5 Å². The van der Waals surface area contributed by atoms with Crippen molar-refractivity contribution in [2.24, 2.45) is 11.8 Å². The van der Waals surface area contributed by atoms with Gasteiger partial charge in [-0.2, -0.15) is 0 Å². The number of methoxy groups -OCH3 is 1. The molecule has 0 bridgehead atoms. The lowest BCUT2D eigenvalue weighted by Crippen LogP contribution is -2.51. The van der Waals surface area contributed by atoms with Crippen LogP contribution >= 0.6 is 0 Å². The number of carbonyl (C=O) groups is 4. The molecule has 5 N–H and O–H groups in total. The number of imidazole rings is 2. The molecule has 4 amide bonds. The molecule has 14 heteroatoms. The van der Waals surface area contributed by atoms with Gasteiger partial charge in [0, 0.05) is 13.1 Å². The molecule has 298 valence electrons. The molecule has 0 radical (unpaired) electrons. The maximum absolute atomic E-state index is 13.6. The van der Waals surface area contributed by atoms with Crippen molar-refractivity contribution in [2.45, 2.75) is 77.5 Å². The summed E-state index contributed by atoms with van der Waals surface area (Å²) in [6.45, 7) is 8.62. The fraction of sp³-hybridized carbons (Fsp3) is 0.395. The number of alkyl carbamates (subject to hydrolysis) is 1. The van der Waals surface area contributed by atoms with Gasteiger partial charge in [0.2, 0.25) is 11.8 Å². The van der Waals surface area contributed by atoms with Gasteiger partial charge in [-0.25, -0.2) is 19.6 Å². The van der Waals surface area contributed by atoms with Gasteiger partial charge in [0.25, 0.3) is 0 Å². The van der Waals surface area contributed by atoms with Crippen LogP contribution in [0.5, 0.6) is 0 Å². The number of aromatic amines is 2. The Balaban J connectivity index is 1.02. The van der Waals surface area contributed by atoms with Crippen molar-refractivity contribution in [1.82, 2.24) is 40.4 Å². The van der Waals surface area contributed by atoms with Crippen LogP contribution in [0.4, 0.5) is 9.59 Å². The van der Waals surface area contributed by atoms with Gasteiger partial charge >= 0.3 is 12.2 Å². The summed E-state index contributed by atoms with van der Waals surface area (Å²) >= 11 is 0. The van der Waals surface area contributed by atoms with Crippen LogP contribution in [0.1, 0.15) is 77.1 Å². The minimum atomic E-state index is -1.21. The maximum Gasteiger partial charge on any atom is 0.407 e. The number of aromatic nitrogens is 4. The van der Waals surface area contributed by atoms with Crippen LogP contribution in [0, 0.1) is 11.8 Å². The third-order valence-electron chi connectivity index (χ3n) is 11.1. The van der Waals surface area contributed by atoms with E-state index < -0.39 is 24.3 Å². The van der Waals surface area contributed by atoms with Crippen LogP contribution in [-0.4, -0.2) is 91.1 Å². The van der Waals surface area contributed by atoms with Gasteiger partial charge in [-0.05, 0) is 77.5 Å². The van der Waals surface area contributed by atoms with Crippen molar-refractivity contribution in [3.63, 3.8) is 0 Å². The van der Waals surface area contributed by atoms with Crippen molar-refractivity contribution in [1.29, 1.82) is 0 Å². The average Bonchev–Trinajstić information content (AvgIpc) is 4.04. The smallest absolute Gasteiger partial charge is 0.407 e. The van der Waals surface area contributed by atoms with E-state index in [1.165, 1.54) is 7.11 Å². The first-order valence-corrected chi connectivity index (χ1v) is 19.6. The van der Waals surface area contributed by atoms with Gasteiger partial charge in [-0.15, -0.1) is 0 Å². The van der Waals surface area contributed by atoms with Gasteiger partial charge < -0.3 is 40.2 Å². The van der Waals surface area contributed by atoms with E-state index in [0.717, 1.165) is 76.1 Å². The van der Waals surface area contributed by atoms with Gasteiger partial charge in [-0.3, -0.25) is 9.59 Å². The van der Waals surface area contributed by atoms with E-state index in [1.54, 1.807) is 11.1 Å². The summed E-state index contributed by atoms with van der Waals surface area (Å²) in [6, 6.07) is 20.8. The molecule has 2 aromatic heterocycles. The second-order valence-corrected chi connectivity index (χ2v) is 15.6. The summed E-state index contributed by atoms with van der Waals surface area (Å²) in [4.78, 5) is 70.3. The van der Waals surface area contributed by atoms with Crippen molar-refractivity contribution < 1.29 is 29.0 Å². The van der Waals surface area contributed by atoms with E-state index in [-0.39, 0.29) is 35.7 Å². The van der Waals surface area contributed by atoms with E-state index in [0.29, 0.717) is 18.9 Å². The molecule has 0 spiro atoms. The number of fused-ring (bicyclic) bond motifs is 1. The zero-order valence-corrected chi connectivity index (χ0v) is 32.9. The van der Waals surface area contributed by atoms with Gasteiger partial charge in [0.1, 0.15) is 23.7 Å². The number of hydrogen-bond acceptors (Lipinski definition) is 7. The molecular weight excluding hydrogens is 725 g/mol. The molecule has 2 aliphatic rings. The first-order chi connectivity index (χ1) is 27.4. The predicted molar refractivity (Wildman–Crippen MR) is 216 cm³/mol. The van der Waals surface area contributed by atoms with Crippen molar-refractivity contribution >= 4 is 35.0 Å². The van der Waals surface area contributed by atoms with Gasteiger partial charge in [0.15, 0.2) is 0 Å². The number of nitrogens with zero attached hydrogens (tertiary/aromatic N) is 4. The molecule has 4 heterocycles. The number of amides is 4. The van der Waals surface area contributed by atoms with E-state index in [2.05, 4.69) is 74.1 Å². The van der Waals surface area contributed by atoms with Crippen LogP contribution in [0.15, 0.2) is 72.9 Å². The number of nitrogens with one attached hydrogen (secondary N) is 4. The summed E-state index contributed by atoms with van der Waals surface area (Å²) in [5, 5.41) is 14.4. The Morgan fingerprint density at radius 2 is 1.23 bits per heavy atom. The Hall–Kier alpha value is -6.18. The highest BCUT2D eigenvalue weighted by molar-refractivity contribution is 5.88. The minimum absolute atomic E-state index is 0.108. The molecule has 3 aromatic carbocycles. The van der Waals surface area contributed by atoms with Crippen LogP contribution in [0.2, 0.25) is 0 Å². The van der Waals surface area contributed by atoms with Crippen molar-refractivity contribution in [3.05, 3.63) is 84.6 Å². The third kappa shape index (κ3) is 8.21. The van der Waals surface area contributed by atoms with Crippen LogP contribution in [-0.2, 0) is 14.3 Å². The fourth-order valence-electron chi connectivity index (χ4n) is 8.05. The molecule has 2 aliphatic heterocycles. The van der Waals surface area contributed by atoms with E-state index in [4.69, 9.17) is 9.72 Å². The summed E-state index contributed by atoms with van der Waals surface area (Å²) < 4.78 is 4.77. The summed E-state index contributed by atoms with van der Waals surface area (Å²) in [5.74, 6) is 0.768. The summed E-state index contributed by atoms with van der Waals surface area (Å²) in [5.41, 5.74) is 7.75. The molecule has 14 nitrogen and oxygen atoms in total. The summed E-state index contributed by atoms with van der Waals surface area (Å²) in [6.07, 6.45) is 3.14. The second kappa shape index (κ2) is 16.5. The molecule has 5 aromatic rings. The normalized spacial score (nSPS) is 17.9. The molecule has 2 fully saturated rings.